The Balaban J connectivity index is 1.57. The van der Waals surface area contributed by atoms with Gasteiger partial charge in [-0.1, -0.05) is 6.07 Å². The predicted molar refractivity (Wildman–Crippen MR) is 89.8 cm³/mol. The zero-order valence-corrected chi connectivity index (χ0v) is 13.7. The number of aryl methyl sites for hydroxylation is 2. The molecule has 1 aliphatic rings. The molecule has 0 amide bonds. The second-order valence-corrected chi connectivity index (χ2v) is 6.17. The van der Waals surface area contributed by atoms with Gasteiger partial charge in [-0.2, -0.15) is 5.10 Å². The van der Waals surface area contributed by atoms with E-state index in [-0.39, 0.29) is 5.82 Å². The van der Waals surface area contributed by atoms with Crippen LogP contribution in [0, 0.1) is 19.7 Å². The highest BCUT2D eigenvalue weighted by Gasteiger charge is 2.18. The molecular weight excluding hydrogens is 305 g/mol. The molecule has 0 saturated carbocycles. The quantitative estimate of drug-likeness (QED) is 0.727. The smallest absolute Gasteiger partial charge is 0.176 e. The van der Waals surface area contributed by atoms with E-state index in [0.29, 0.717) is 5.82 Å². The molecule has 0 saturated heterocycles. The minimum atomic E-state index is -0.170. The van der Waals surface area contributed by atoms with Gasteiger partial charge in [0.2, 0.25) is 0 Å². The Morgan fingerprint density at radius 3 is 2.46 bits per heavy atom. The maximum atomic E-state index is 13.3. The van der Waals surface area contributed by atoms with Crippen LogP contribution in [0.15, 0.2) is 36.4 Å². The highest BCUT2D eigenvalue weighted by atomic mass is 19.1. The summed E-state index contributed by atoms with van der Waals surface area (Å²) in [7, 11) is 0. The second-order valence-electron chi connectivity index (χ2n) is 6.17. The lowest BCUT2D eigenvalue weighted by Crippen LogP contribution is -2.31. The van der Waals surface area contributed by atoms with Crippen molar-refractivity contribution < 1.29 is 4.39 Å². The molecule has 0 spiro atoms. The molecule has 1 aromatic carbocycles. The Bertz CT molecular complexity index is 885. The molecule has 0 fully saturated rings. The van der Waals surface area contributed by atoms with Gasteiger partial charge in [-0.15, -0.1) is 10.2 Å². The maximum Gasteiger partial charge on any atom is 0.176 e. The van der Waals surface area contributed by atoms with E-state index in [1.807, 2.05) is 38.1 Å². The molecule has 0 bridgehead atoms. The Kier molecular flexibility index (Phi) is 3.52. The van der Waals surface area contributed by atoms with Crippen LogP contribution in [0.1, 0.15) is 22.5 Å². The number of rotatable bonds is 2. The predicted octanol–water partition coefficient (Wildman–Crippen LogP) is 2.98. The summed E-state index contributed by atoms with van der Waals surface area (Å²) in [6.45, 7) is 5.49. The average Bonchev–Trinajstić information content (AvgIpc) is 2.93. The van der Waals surface area contributed by atoms with Crippen molar-refractivity contribution in [1.29, 1.82) is 0 Å². The van der Waals surface area contributed by atoms with Crippen LogP contribution < -0.4 is 4.90 Å². The van der Waals surface area contributed by atoms with Gasteiger partial charge < -0.3 is 4.90 Å². The third-order valence-corrected chi connectivity index (χ3v) is 4.37. The van der Waals surface area contributed by atoms with Crippen LogP contribution in [0.4, 0.5) is 10.2 Å². The van der Waals surface area contributed by atoms with Crippen molar-refractivity contribution in [3.8, 4) is 5.82 Å². The van der Waals surface area contributed by atoms with Crippen molar-refractivity contribution in [2.45, 2.75) is 26.8 Å². The number of nitrogens with zero attached hydrogens (tertiary/aromatic N) is 5. The summed E-state index contributed by atoms with van der Waals surface area (Å²) in [4.78, 5) is 2.16. The summed E-state index contributed by atoms with van der Waals surface area (Å²) in [5.74, 6) is 1.37. The molecule has 0 radical (unpaired) electrons. The second kappa shape index (κ2) is 5.70. The monoisotopic (exact) mass is 323 g/mol. The number of benzene rings is 1. The third-order valence-electron chi connectivity index (χ3n) is 4.37. The fourth-order valence-corrected chi connectivity index (χ4v) is 3.18. The molecular formula is C18H18FN5. The first-order valence-corrected chi connectivity index (χ1v) is 8.00. The van der Waals surface area contributed by atoms with Gasteiger partial charge >= 0.3 is 0 Å². The molecule has 5 nitrogen and oxygen atoms in total. The van der Waals surface area contributed by atoms with Gasteiger partial charge in [0.15, 0.2) is 11.6 Å². The molecule has 0 aliphatic carbocycles. The molecule has 2 aromatic heterocycles. The minimum absolute atomic E-state index is 0.170. The zero-order chi connectivity index (χ0) is 16.7. The summed E-state index contributed by atoms with van der Waals surface area (Å²) in [5, 5.41) is 13.1. The number of halogens is 1. The molecule has 24 heavy (non-hydrogen) atoms. The molecule has 1 aliphatic heterocycles. The fourth-order valence-electron chi connectivity index (χ4n) is 3.18. The van der Waals surface area contributed by atoms with E-state index in [4.69, 9.17) is 0 Å². The molecule has 3 heterocycles. The lowest BCUT2D eigenvalue weighted by molar-refractivity contribution is 0.618. The van der Waals surface area contributed by atoms with E-state index in [2.05, 4.69) is 20.2 Å². The van der Waals surface area contributed by atoms with Gasteiger partial charge in [0.1, 0.15) is 5.82 Å². The first kappa shape index (κ1) is 14.8. The Hall–Kier alpha value is -2.76. The first-order chi connectivity index (χ1) is 11.6. The van der Waals surface area contributed by atoms with Crippen molar-refractivity contribution in [2.24, 2.45) is 0 Å². The van der Waals surface area contributed by atoms with Crippen molar-refractivity contribution in [3.05, 3.63) is 64.7 Å². The molecule has 0 atom stereocenters. The summed E-state index contributed by atoms with van der Waals surface area (Å²) in [6, 6.07) is 10.9. The van der Waals surface area contributed by atoms with Gasteiger partial charge in [-0.25, -0.2) is 9.07 Å². The van der Waals surface area contributed by atoms with Crippen LogP contribution in [-0.2, 0) is 13.0 Å². The highest BCUT2D eigenvalue weighted by Crippen LogP contribution is 2.23. The van der Waals surface area contributed by atoms with Crippen molar-refractivity contribution in [2.75, 3.05) is 11.4 Å². The SMILES string of the molecule is Cc1cc(C)n(-c2ccc(N3CCc4cc(F)ccc4C3)nn2)n1. The average molecular weight is 323 g/mol. The summed E-state index contributed by atoms with van der Waals surface area (Å²) >= 11 is 0. The number of fused-ring (bicyclic) bond motifs is 1. The Morgan fingerprint density at radius 2 is 1.75 bits per heavy atom. The summed E-state index contributed by atoms with van der Waals surface area (Å²) in [6.07, 6.45) is 0.813. The maximum absolute atomic E-state index is 13.3. The molecule has 6 heteroatoms. The zero-order valence-electron chi connectivity index (χ0n) is 13.7. The lowest BCUT2D eigenvalue weighted by Gasteiger charge is -2.29. The first-order valence-electron chi connectivity index (χ1n) is 8.00. The van der Waals surface area contributed by atoms with E-state index in [9.17, 15) is 4.39 Å². The number of anilines is 1. The van der Waals surface area contributed by atoms with E-state index in [0.717, 1.165) is 47.8 Å². The van der Waals surface area contributed by atoms with Gasteiger partial charge in [0.05, 0.1) is 5.69 Å². The van der Waals surface area contributed by atoms with Gasteiger partial charge in [0, 0.05) is 18.8 Å². The van der Waals surface area contributed by atoms with Gasteiger partial charge in [-0.3, -0.25) is 0 Å². The van der Waals surface area contributed by atoms with Crippen LogP contribution in [-0.4, -0.2) is 26.5 Å². The largest absolute Gasteiger partial charge is 0.350 e. The Labute approximate surface area is 139 Å². The topological polar surface area (TPSA) is 46.8 Å². The van der Waals surface area contributed by atoms with Crippen molar-refractivity contribution in [3.63, 3.8) is 0 Å². The Morgan fingerprint density at radius 1 is 0.958 bits per heavy atom. The van der Waals surface area contributed by atoms with Crippen LogP contribution in [0.5, 0.6) is 0 Å². The fraction of sp³-hybridized carbons (Fsp3) is 0.278. The summed E-state index contributed by atoms with van der Waals surface area (Å²) < 4.78 is 15.1. The number of hydrogen-bond donors (Lipinski definition) is 0. The lowest BCUT2D eigenvalue weighted by atomic mass is 10.00. The minimum Gasteiger partial charge on any atom is -0.350 e. The molecule has 3 aromatic rings. The molecule has 0 N–H and O–H groups in total. The standard InChI is InChI=1S/C18H18FN5/c1-12-9-13(2)24(22-12)18-6-5-17(20-21-18)23-8-7-14-10-16(19)4-3-15(14)11-23/h3-6,9-10H,7-8,11H2,1-2H3. The molecule has 122 valence electrons. The van der Waals surface area contributed by atoms with E-state index >= 15 is 0 Å². The van der Waals surface area contributed by atoms with E-state index < -0.39 is 0 Å². The van der Waals surface area contributed by atoms with Crippen LogP contribution in [0.25, 0.3) is 5.82 Å². The third kappa shape index (κ3) is 2.64. The molecule has 4 rings (SSSR count). The van der Waals surface area contributed by atoms with Gasteiger partial charge in [0.25, 0.3) is 0 Å². The van der Waals surface area contributed by atoms with Crippen LogP contribution >= 0.6 is 0 Å². The molecule has 0 unspecified atom stereocenters. The van der Waals surface area contributed by atoms with Crippen LogP contribution in [0.2, 0.25) is 0 Å². The van der Waals surface area contributed by atoms with Crippen molar-refractivity contribution in [1.82, 2.24) is 20.0 Å². The normalized spacial score (nSPS) is 13.9. The van der Waals surface area contributed by atoms with Crippen LogP contribution in [0.3, 0.4) is 0 Å². The van der Waals surface area contributed by atoms with Crippen molar-refractivity contribution >= 4 is 5.82 Å². The number of aromatic nitrogens is 4. The van der Waals surface area contributed by atoms with E-state index in [1.165, 1.54) is 6.07 Å². The van der Waals surface area contributed by atoms with E-state index in [1.54, 1.807) is 10.7 Å². The summed E-state index contributed by atoms with van der Waals surface area (Å²) in [5.41, 5.74) is 4.22. The van der Waals surface area contributed by atoms with Gasteiger partial charge in [-0.05, 0) is 61.7 Å². The number of hydrogen-bond acceptors (Lipinski definition) is 4. The highest BCUT2D eigenvalue weighted by molar-refractivity contribution is 5.45.